The van der Waals surface area contributed by atoms with Crippen LogP contribution in [0.2, 0.25) is 0 Å². The number of hydrogen-bond donors (Lipinski definition) is 2. The van der Waals surface area contributed by atoms with Gasteiger partial charge in [0, 0.05) is 37.3 Å². The molecular weight excluding hydrogens is 420 g/mol. The number of benzene rings is 1. The fraction of sp³-hybridized carbons (Fsp3) is 0.350. The molecule has 2 N–H and O–H groups in total. The van der Waals surface area contributed by atoms with Gasteiger partial charge < -0.3 is 14.8 Å². The molecule has 3 aromatic rings. The molecular formula is C20H24N6O4S. The van der Waals surface area contributed by atoms with Gasteiger partial charge in [-0.1, -0.05) is 0 Å². The molecule has 0 bridgehead atoms. The SMILES string of the molecule is Cc1cc(C)n(-c2cc(NCCNS(=O)(=O)c3ccc4c(c3)OCCCO4)ncn2)n1. The Balaban J connectivity index is 1.36. The summed E-state index contributed by atoms with van der Waals surface area (Å²) in [4.78, 5) is 8.56. The lowest BCUT2D eigenvalue weighted by Gasteiger charge is -2.11. The van der Waals surface area contributed by atoms with E-state index in [2.05, 4.69) is 25.1 Å². The second-order valence-corrected chi connectivity index (χ2v) is 8.85. The maximum absolute atomic E-state index is 12.6. The van der Waals surface area contributed by atoms with Crippen molar-refractivity contribution in [3.63, 3.8) is 0 Å². The second-order valence-electron chi connectivity index (χ2n) is 7.08. The zero-order chi connectivity index (χ0) is 21.8. The van der Waals surface area contributed by atoms with E-state index in [9.17, 15) is 8.42 Å². The summed E-state index contributed by atoms with van der Waals surface area (Å²) in [6.45, 7) is 5.43. The molecule has 3 heterocycles. The van der Waals surface area contributed by atoms with Crippen molar-refractivity contribution >= 4 is 15.8 Å². The Labute approximate surface area is 180 Å². The molecule has 1 aliphatic rings. The standard InChI is InChI=1S/C20H24N6O4S/c1-14-10-15(2)26(25-14)20-12-19(22-13-23-20)21-6-7-24-31(27,28)16-4-5-17-18(11-16)30-9-3-8-29-17/h4-5,10-13,24H,3,6-9H2,1-2H3,(H,21,22,23). The normalized spacial score (nSPS) is 13.6. The van der Waals surface area contributed by atoms with E-state index >= 15 is 0 Å². The molecule has 0 fully saturated rings. The topological polar surface area (TPSA) is 120 Å². The van der Waals surface area contributed by atoms with Crippen molar-refractivity contribution in [3.8, 4) is 17.3 Å². The molecule has 0 saturated carbocycles. The monoisotopic (exact) mass is 444 g/mol. The van der Waals surface area contributed by atoms with E-state index in [1.807, 2.05) is 19.9 Å². The number of rotatable bonds is 7. The first-order valence-electron chi connectivity index (χ1n) is 9.91. The highest BCUT2D eigenvalue weighted by atomic mass is 32.2. The summed E-state index contributed by atoms with van der Waals surface area (Å²) in [6, 6.07) is 8.34. The minimum absolute atomic E-state index is 0.130. The van der Waals surface area contributed by atoms with Gasteiger partial charge in [-0.2, -0.15) is 5.10 Å². The van der Waals surface area contributed by atoms with Crippen molar-refractivity contribution in [2.45, 2.75) is 25.2 Å². The molecule has 0 radical (unpaired) electrons. The molecule has 0 aliphatic carbocycles. The van der Waals surface area contributed by atoms with Crippen LogP contribution in [0.5, 0.6) is 11.5 Å². The molecule has 1 aromatic carbocycles. The van der Waals surface area contributed by atoms with Gasteiger partial charge in [0.15, 0.2) is 17.3 Å². The highest BCUT2D eigenvalue weighted by molar-refractivity contribution is 7.89. The molecule has 0 spiro atoms. The molecule has 10 nitrogen and oxygen atoms in total. The van der Waals surface area contributed by atoms with E-state index in [0.29, 0.717) is 42.9 Å². The lowest BCUT2D eigenvalue weighted by Crippen LogP contribution is -2.29. The Kier molecular flexibility index (Phi) is 6.05. The molecule has 0 unspecified atom stereocenters. The summed E-state index contributed by atoms with van der Waals surface area (Å²) >= 11 is 0. The maximum Gasteiger partial charge on any atom is 0.240 e. The average molecular weight is 445 g/mol. The van der Waals surface area contributed by atoms with Crippen LogP contribution in [0.25, 0.3) is 5.82 Å². The largest absolute Gasteiger partial charge is 0.490 e. The summed E-state index contributed by atoms with van der Waals surface area (Å²) in [6.07, 6.45) is 2.20. The van der Waals surface area contributed by atoms with Gasteiger partial charge in [0.1, 0.15) is 12.1 Å². The molecule has 4 rings (SSSR count). The summed E-state index contributed by atoms with van der Waals surface area (Å²) in [5, 5.41) is 7.51. The number of aryl methyl sites for hydroxylation is 2. The number of anilines is 1. The zero-order valence-corrected chi connectivity index (χ0v) is 18.1. The van der Waals surface area contributed by atoms with Gasteiger partial charge in [0.05, 0.1) is 23.8 Å². The lowest BCUT2D eigenvalue weighted by molar-refractivity contribution is 0.297. The molecule has 0 saturated heterocycles. The van der Waals surface area contributed by atoms with E-state index in [4.69, 9.17) is 9.47 Å². The van der Waals surface area contributed by atoms with E-state index in [1.54, 1.807) is 16.8 Å². The van der Waals surface area contributed by atoms with Crippen LogP contribution in [-0.4, -0.2) is 54.5 Å². The highest BCUT2D eigenvalue weighted by Gasteiger charge is 2.18. The first-order chi connectivity index (χ1) is 14.9. The summed E-state index contributed by atoms with van der Waals surface area (Å²) in [7, 11) is -3.69. The van der Waals surface area contributed by atoms with E-state index in [1.165, 1.54) is 18.5 Å². The fourth-order valence-electron chi connectivity index (χ4n) is 3.19. The van der Waals surface area contributed by atoms with Gasteiger partial charge in [-0.25, -0.2) is 27.8 Å². The summed E-state index contributed by atoms with van der Waals surface area (Å²) < 4.78 is 40.7. The molecule has 31 heavy (non-hydrogen) atoms. The Hall–Kier alpha value is -3.18. The molecule has 0 atom stereocenters. The third kappa shape index (κ3) is 4.94. The minimum Gasteiger partial charge on any atom is -0.490 e. The van der Waals surface area contributed by atoms with Crippen molar-refractivity contribution in [3.05, 3.63) is 48.0 Å². The smallest absolute Gasteiger partial charge is 0.240 e. The van der Waals surface area contributed by atoms with Crippen LogP contribution in [0.3, 0.4) is 0 Å². The summed E-state index contributed by atoms with van der Waals surface area (Å²) in [5.74, 6) is 2.21. The van der Waals surface area contributed by atoms with Crippen molar-refractivity contribution in [1.29, 1.82) is 0 Å². The third-order valence-corrected chi connectivity index (χ3v) is 6.09. The zero-order valence-electron chi connectivity index (χ0n) is 17.3. The van der Waals surface area contributed by atoms with Gasteiger partial charge >= 0.3 is 0 Å². The average Bonchev–Trinajstić information content (AvgIpc) is 2.95. The predicted octanol–water partition coefficient (Wildman–Crippen LogP) is 1.83. The van der Waals surface area contributed by atoms with Crippen molar-refractivity contribution in [2.24, 2.45) is 0 Å². The lowest BCUT2D eigenvalue weighted by atomic mass is 10.3. The number of sulfonamides is 1. The number of aromatic nitrogens is 4. The fourth-order valence-corrected chi connectivity index (χ4v) is 4.24. The summed E-state index contributed by atoms with van der Waals surface area (Å²) in [5.41, 5.74) is 1.86. The van der Waals surface area contributed by atoms with Gasteiger partial charge in [-0.05, 0) is 32.0 Å². The van der Waals surface area contributed by atoms with Crippen LogP contribution in [0.1, 0.15) is 17.8 Å². The first kappa shape index (κ1) is 21.1. The molecule has 0 amide bonds. The van der Waals surface area contributed by atoms with E-state index < -0.39 is 10.0 Å². The number of hydrogen-bond acceptors (Lipinski definition) is 8. The van der Waals surface area contributed by atoms with Crippen LogP contribution < -0.4 is 19.5 Å². The van der Waals surface area contributed by atoms with Crippen LogP contribution in [-0.2, 0) is 10.0 Å². The van der Waals surface area contributed by atoms with Crippen LogP contribution in [0.15, 0.2) is 41.6 Å². The number of nitrogens with one attached hydrogen (secondary N) is 2. The maximum atomic E-state index is 12.6. The minimum atomic E-state index is -3.69. The van der Waals surface area contributed by atoms with E-state index in [-0.39, 0.29) is 11.4 Å². The van der Waals surface area contributed by atoms with Crippen molar-refractivity contribution < 1.29 is 17.9 Å². The van der Waals surface area contributed by atoms with Crippen LogP contribution in [0.4, 0.5) is 5.82 Å². The predicted molar refractivity (Wildman–Crippen MR) is 114 cm³/mol. The van der Waals surface area contributed by atoms with Crippen molar-refractivity contribution in [2.75, 3.05) is 31.6 Å². The Morgan fingerprint density at radius 1 is 1.03 bits per heavy atom. The third-order valence-electron chi connectivity index (χ3n) is 4.63. The van der Waals surface area contributed by atoms with Crippen molar-refractivity contribution in [1.82, 2.24) is 24.5 Å². The van der Waals surface area contributed by atoms with Crippen LogP contribution in [0, 0.1) is 13.8 Å². The molecule has 2 aromatic heterocycles. The Morgan fingerprint density at radius 3 is 2.61 bits per heavy atom. The number of fused-ring (bicyclic) bond motifs is 1. The molecule has 1 aliphatic heterocycles. The number of nitrogens with zero attached hydrogens (tertiary/aromatic N) is 4. The quantitative estimate of drug-likeness (QED) is 0.530. The van der Waals surface area contributed by atoms with Gasteiger partial charge in [0.25, 0.3) is 0 Å². The molecule has 11 heteroatoms. The van der Waals surface area contributed by atoms with Gasteiger partial charge in [-0.15, -0.1) is 0 Å². The van der Waals surface area contributed by atoms with E-state index in [0.717, 1.165) is 17.8 Å². The second kappa shape index (κ2) is 8.90. The Bertz CT molecular complexity index is 1180. The molecule has 164 valence electrons. The van der Waals surface area contributed by atoms with Gasteiger partial charge in [0.2, 0.25) is 10.0 Å². The number of ether oxygens (including phenoxy) is 2. The Morgan fingerprint density at radius 2 is 1.84 bits per heavy atom. The highest BCUT2D eigenvalue weighted by Crippen LogP contribution is 2.31. The first-order valence-corrected chi connectivity index (χ1v) is 11.4. The van der Waals surface area contributed by atoms with Crippen LogP contribution >= 0.6 is 0 Å². The van der Waals surface area contributed by atoms with Gasteiger partial charge in [-0.3, -0.25) is 0 Å².